The van der Waals surface area contributed by atoms with Gasteiger partial charge in [0.1, 0.15) is 5.52 Å². The Morgan fingerprint density at radius 2 is 1.67 bits per heavy atom. The molecule has 174 valence electrons. The Morgan fingerprint density at radius 3 is 2.18 bits per heavy atom. The number of sulfone groups is 1. The van der Waals surface area contributed by atoms with Crippen LogP contribution in [0, 0.1) is 20.2 Å². The van der Waals surface area contributed by atoms with Crippen molar-refractivity contribution in [2.45, 2.75) is 4.90 Å². The van der Waals surface area contributed by atoms with Crippen LogP contribution in [0.25, 0.3) is 10.2 Å². The SMILES string of the molecule is CN(C)CCN(C(=O)c1cc([N+](=O)[O-])cc([N+](=O)[O-])c1)c1nc2c(S(C)(=O)=O)cccc2s1. The highest BCUT2D eigenvalue weighted by Crippen LogP contribution is 2.34. The molecule has 3 aromatic rings. The summed E-state index contributed by atoms with van der Waals surface area (Å²) in [6, 6.07) is 7.35. The molecule has 0 radical (unpaired) electrons. The second-order valence-electron chi connectivity index (χ2n) is 7.38. The summed E-state index contributed by atoms with van der Waals surface area (Å²) in [6.07, 6.45) is 1.05. The number of fused-ring (bicyclic) bond motifs is 1. The Morgan fingerprint density at radius 1 is 1.06 bits per heavy atom. The molecule has 12 nitrogen and oxygen atoms in total. The van der Waals surface area contributed by atoms with Crippen LogP contribution in [0.4, 0.5) is 16.5 Å². The lowest BCUT2D eigenvalue weighted by Gasteiger charge is -2.22. The van der Waals surface area contributed by atoms with Crippen molar-refractivity contribution in [1.29, 1.82) is 0 Å². The number of amides is 1. The molecule has 0 atom stereocenters. The number of thiazole rings is 1. The van der Waals surface area contributed by atoms with Gasteiger partial charge in [0.25, 0.3) is 17.3 Å². The zero-order valence-corrected chi connectivity index (χ0v) is 19.4. The molecule has 33 heavy (non-hydrogen) atoms. The molecule has 0 bridgehead atoms. The van der Waals surface area contributed by atoms with Gasteiger partial charge in [0.05, 0.1) is 31.1 Å². The van der Waals surface area contributed by atoms with Gasteiger partial charge < -0.3 is 4.90 Å². The highest BCUT2D eigenvalue weighted by molar-refractivity contribution is 7.91. The Hall–Kier alpha value is -3.49. The Labute approximate surface area is 192 Å². The normalized spacial score (nSPS) is 11.6. The first kappa shape index (κ1) is 24.2. The van der Waals surface area contributed by atoms with E-state index in [1.807, 2.05) is 0 Å². The monoisotopic (exact) mass is 493 g/mol. The van der Waals surface area contributed by atoms with E-state index in [0.29, 0.717) is 11.2 Å². The van der Waals surface area contributed by atoms with Crippen LogP contribution in [0.1, 0.15) is 10.4 Å². The lowest BCUT2D eigenvalue weighted by Crippen LogP contribution is -2.36. The fourth-order valence-electron chi connectivity index (χ4n) is 3.00. The van der Waals surface area contributed by atoms with Crippen LogP contribution >= 0.6 is 11.3 Å². The van der Waals surface area contributed by atoms with E-state index >= 15 is 0 Å². The number of rotatable bonds is 8. The van der Waals surface area contributed by atoms with Crippen LogP contribution in [0.5, 0.6) is 0 Å². The number of hydrogen-bond donors (Lipinski definition) is 0. The van der Waals surface area contributed by atoms with Gasteiger partial charge in [-0.2, -0.15) is 0 Å². The van der Waals surface area contributed by atoms with Crippen LogP contribution in [-0.2, 0) is 9.84 Å². The van der Waals surface area contributed by atoms with E-state index in [0.717, 1.165) is 35.8 Å². The maximum Gasteiger partial charge on any atom is 0.277 e. The van der Waals surface area contributed by atoms with Gasteiger partial charge in [-0.25, -0.2) is 13.4 Å². The van der Waals surface area contributed by atoms with E-state index in [-0.39, 0.29) is 27.7 Å². The number of nitro benzene ring substituents is 2. The molecule has 0 aliphatic heterocycles. The minimum Gasteiger partial charge on any atom is -0.308 e. The highest BCUT2D eigenvalue weighted by atomic mass is 32.2. The largest absolute Gasteiger partial charge is 0.308 e. The number of carbonyl (C=O) groups is 1. The van der Waals surface area contributed by atoms with Crippen molar-refractivity contribution >= 4 is 53.8 Å². The summed E-state index contributed by atoms with van der Waals surface area (Å²) in [5, 5.41) is 22.6. The number of nitro groups is 2. The first-order chi connectivity index (χ1) is 15.4. The second kappa shape index (κ2) is 9.17. The number of benzene rings is 2. The minimum atomic E-state index is -3.59. The van der Waals surface area contributed by atoms with Gasteiger partial charge in [-0.05, 0) is 26.2 Å². The minimum absolute atomic E-state index is 0.00787. The van der Waals surface area contributed by atoms with Crippen LogP contribution in [0.2, 0.25) is 0 Å². The summed E-state index contributed by atoms with van der Waals surface area (Å²) in [4.78, 5) is 41.6. The third-order valence-electron chi connectivity index (χ3n) is 4.59. The number of aromatic nitrogens is 1. The molecular weight excluding hydrogens is 474 g/mol. The van der Waals surface area contributed by atoms with Gasteiger partial charge in [-0.3, -0.25) is 29.9 Å². The van der Waals surface area contributed by atoms with E-state index in [1.165, 1.54) is 11.0 Å². The lowest BCUT2D eigenvalue weighted by atomic mass is 10.1. The molecule has 0 spiro atoms. The molecule has 3 rings (SSSR count). The topological polar surface area (TPSA) is 157 Å². The number of likely N-dealkylation sites (N-methyl/N-ethyl adjacent to an activating group) is 1. The first-order valence-corrected chi connectivity index (χ1v) is 12.1. The zero-order chi connectivity index (χ0) is 24.5. The maximum atomic E-state index is 13.4. The van der Waals surface area contributed by atoms with Gasteiger partial charge in [0.15, 0.2) is 15.0 Å². The lowest BCUT2D eigenvalue weighted by molar-refractivity contribution is -0.394. The number of carbonyl (C=O) groups excluding carboxylic acids is 1. The molecule has 0 aliphatic carbocycles. The summed E-state index contributed by atoms with van der Waals surface area (Å²) in [7, 11) is -0.0302. The van der Waals surface area contributed by atoms with Gasteiger partial charge >= 0.3 is 0 Å². The molecule has 1 heterocycles. The van der Waals surface area contributed by atoms with Gasteiger partial charge in [0.2, 0.25) is 0 Å². The van der Waals surface area contributed by atoms with Gasteiger partial charge in [0, 0.05) is 31.5 Å². The number of anilines is 1. The number of nitrogens with zero attached hydrogens (tertiary/aromatic N) is 5. The molecule has 0 aliphatic rings. The fourth-order valence-corrected chi connectivity index (χ4v) is 4.91. The molecule has 14 heteroatoms. The first-order valence-electron chi connectivity index (χ1n) is 9.38. The molecule has 0 unspecified atom stereocenters. The summed E-state index contributed by atoms with van der Waals surface area (Å²) < 4.78 is 24.8. The molecule has 0 saturated heterocycles. The van der Waals surface area contributed by atoms with Crippen molar-refractivity contribution < 1.29 is 23.1 Å². The smallest absolute Gasteiger partial charge is 0.277 e. The molecule has 2 aromatic carbocycles. The molecule has 1 amide bonds. The zero-order valence-electron chi connectivity index (χ0n) is 17.8. The molecule has 0 N–H and O–H groups in total. The predicted octanol–water partition coefficient (Wildman–Crippen LogP) is 2.72. The van der Waals surface area contributed by atoms with Crippen molar-refractivity contribution in [2.75, 3.05) is 38.3 Å². The molecule has 0 fully saturated rings. The number of hydrogen-bond acceptors (Lipinski definition) is 10. The third kappa shape index (κ3) is 5.30. The quantitative estimate of drug-likeness (QED) is 0.340. The van der Waals surface area contributed by atoms with Crippen LogP contribution in [-0.4, -0.2) is 67.5 Å². The maximum absolute atomic E-state index is 13.4. The third-order valence-corrected chi connectivity index (χ3v) is 6.76. The average Bonchev–Trinajstić information content (AvgIpc) is 3.16. The van der Waals surface area contributed by atoms with Gasteiger partial charge in [-0.15, -0.1) is 0 Å². The Balaban J connectivity index is 2.15. The van der Waals surface area contributed by atoms with Gasteiger partial charge in [-0.1, -0.05) is 17.4 Å². The van der Waals surface area contributed by atoms with E-state index < -0.39 is 37.0 Å². The van der Waals surface area contributed by atoms with Crippen molar-refractivity contribution in [1.82, 2.24) is 9.88 Å². The van der Waals surface area contributed by atoms with Crippen LogP contribution in [0.15, 0.2) is 41.3 Å². The van der Waals surface area contributed by atoms with E-state index in [2.05, 4.69) is 4.98 Å². The summed E-state index contributed by atoms with van der Waals surface area (Å²) in [5.74, 6) is -0.733. The predicted molar refractivity (Wildman–Crippen MR) is 123 cm³/mol. The van der Waals surface area contributed by atoms with Crippen molar-refractivity contribution in [3.63, 3.8) is 0 Å². The van der Waals surface area contributed by atoms with E-state index in [1.54, 1.807) is 31.1 Å². The summed E-state index contributed by atoms with van der Waals surface area (Å²) in [6.45, 7) is 0.494. The van der Waals surface area contributed by atoms with Crippen molar-refractivity contribution in [3.8, 4) is 0 Å². The molecule has 0 saturated carbocycles. The van der Waals surface area contributed by atoms with E-state index in [4.69, 9.17) is 0 Å². The van der Waals surface area contributed by atoms with Crippen LogP contribution < -0.4 is 4.90 Å². The van der Waals surface area contributed by atoms with E-state index in [9.17, 15) is 33.4 Å². The van der Waals surface area contributed by atoms with Crippen molar-refractivity contribution in [2.24, 2.45) is 0 Å². The standard InChI is InChI=1S/C19H19N5O7S2/c1-21(2)7-8-22(18(25)12-9-13(23(26)27)11-14(10-12)24(28)29)19-20-17-15(32-19)5-4-6-16(17)33(3,30)31/h4-6,9-11H,7-8H2,1-3H3. The summed E-state index contributed by atoms with van der Waals surface area (Å²) >= 11 is 1.07. The highest BCUT2D eigenvalue weighted by Gasteiger charge is 2.27. The average molecular weight is 494 g/mol. The molecule has 1 aromatic heterocycles. The molecular formula is C19H19N5O7S2. The number of non-ortho nitro benzene ring substituents is 2. The Kier molecular flexibility index (Phi) is 6.71. The Bertz CT molecular complexity index is 1340. The van der Waals surface area contributed by atoms with Crippen LogP contribution in [0.3, 0.4) is 0 Å². The fraction of sp³-hybridized carbons (Fsp3) is 0.263. The number of para-hydroxylation sites is 1. The van der Waals surface area contributed by atoms with Crippen molar-refractivity contribution in [3.05, 3.63) is 62.2 Å². The second-order valence-corrected chi connectivity index (χ2v) is 10.4. The summed E-state index contributed by atoms with van der Waals surface area (Å²) in [5.41, 5.74) is -1.24.